The summed E-state index contributed by atoms with van der Waals surface area (Å²) in [6, 6.07) is 9.18. The van der Waals surface area contributed by atoms with Crippen molar-refractivity contribution in [3.05, 3.63) is 46.3 Å². The highest BCUT2D eigenvalue weighted by Crippen LogP contribution is 2.34. The Kier molecular flexibility index (Phi) is 5.71. The Bertz CT molecular complexity index is 578. The normalized spacial score (nSPS) is 33.5. The number of hydrogen-bond donors (Lipinski definition) is 1. The van der Waals surface area contributed by atoms with Crippen LogP contribution in [0, 0.1) is 0 Å². The van der Waals surface area contributed by atoms with E-state index in [0.29, 0.717) is 13.2 Å². The summed E-state index contributed by atoms with van der Waals surface area (Å²) < 4.78 is 12.0. The predicted molar refractivity (Wildman–Crippen MR) is 89.2 cm³/mol. The van der Waals surface area contributed by atoms with Gasteiger partial charge in [0.15, 0.2) is 6.29 Å². The number of benzene rings is 1. The first-order chi connectivity index (χ1) is 11.7. The molecule has 24 heavy (non-hydrogen) atoms. The molecule has 0 aromatic heterocycles. The largest absolute Gasteiger partial charge is 0.390 e. The first-order valence-corrected chi connectivity index (χ1v) is 8.53. The monoisotopic (exact) mass is 332 g/mol. The van der Waals surface area contributed by atoms with Crippen LogP contribution < -0.4 is 0 Å². The fourth-order valence-electron chi connectivity index (χ4n) is 3.45. The Balaban J connectivity index is 1.78. The molecule has 0 bridgehead atoms. The second kappa shape index (κ2) is 7.96. The van der Waals surface area contributed by atoms with Crippen molar-refractivity contribution in [1.82, 2.24) is 4.90 Å². The highest BCUT2D eigenvalue weighted by Gasteiger charge is 2.47. The van der Waals surface area contributed by atoms with Gasteiger partial charge in [-0.2, -0.15) is 0 Å². The number of likely N-dealkylation sites (tertiary alicyclic amines) is 1. The average molecular weight is 332 g/mol. The lowest BCUT2D eigenvalue weighted by Crippen LogP contribution is -2.65. The third-order valence-electron chi connectivity index (χ3n) is 4.77. The number of hydrogen-bond acceptors (Lipinski definition) is 5. The molecule has 2 aliphatic heterocycles. The molecule has 1 aromatic carbocycles. The molecule has 1 N–H and O–H groups in total. The van der Waals surface area contributed by atoms with Crippen molar-refractivity contribution >= 4 is 0 Å². The average Bonchev–Trinajstić information content (AvgIpc) is 2.63. The minimum Gasteiger partial charge on any atom is -0.390 e. The van der Waals surface area contributed by atoms with Crippen LogP contribution in [0.3, 0.4) is 0 Å². The molecule has 0 saturated carbocycles. The number of piperidine rings is 1. The van der Waals surface area contributed by atoms with Crippen molar-refractivity contribution in [2.75, 3.05) is 19.7 Å². The number of nitrogens with zero attached hydrogens (tertiary/aromatic N) is 4. The van der Waals surface area contributed by atoms with E-state index in [2.05, 4.69) is 21.8 Å². The summed E-state index contributed by atoms with van der Waals surface area (Å²) in [7, 11) is 0. The van der Waals surface area contributed by atoms with Gasteiger partial charge >= 0.3 is 0 Å². The molecular weight excluding hydrogens is 308 g/mol. The SMILES string of the molecule is CCCCN1C[C@H](N=[N+]=[N-])[C@@H](O)[C@@H]2O[C@H](c3ccccc3)OC[C@H]21. The van der Waals surface area contributed by atoms with Crippen LogP contribution in [-0.4, -0.2) is 54.0 Å². The van der Waals surface area contributed by atoms with Gasteiger partial charge in [-0.1, -0.05) is 48.8 Å². The van der Waals surface area contributed by atoms with E-state index in [-0.39, 0.29) is 6.04 Å². The van der Waals surface area contributed by atoms with Gasteiger partial charge in [0.1, 0.15) is 6.10 Å². The van der Waals surface area contributed by atoms with Crippen molar-refractivity contribution in [3.63, 3.8) is 0 Å². The topological polar surface area (TPSA) is 90.7 Å². The molecular formula is C17H24N4O3. The second-order valence-corrected chi connectivity index (χ2v) is 6.36. The first-order valence-electron chi connectivity index (χ1n) is 8.53. The number of aliphatic hydroxyl groups is 1. The summed E-state index contributed by atoms with van der Waals surface area (Å²) in [6.45, 7) is 4.05. The Morgan fingerprint density at radius 2 is 2.17 bits per heavy atom. The van der Waals surface area contributed by atoms with Crippen molar-refractivity contribution in [1.29, 1.82) is 0 Å². The molecule has 7 heteroatoms. The minimum absolute atomic E-state index is 0.0170. The molecule has 2 fully saturated rings. The molecule has 2 saturated heterocycles. The number of unbranched alkanes of at least 4 members (excludes halogenated alkanes) is 1. The molecule has 5 atom stereocenters. The van der Waals surface area contributed by atoms with Crippen LogP contribution in [0.4, 0.5) is 0 Å². The van der Waals surface area contributed by atoms with E-state index in [0.717, 1.165) is 24.9 Å². The zero-order chi connectivity index (χ0) is 16.9. The number of ether oxygens (including phenoxy) is 2. The molecule has 2 aliphatic rings. The summed E-state index contributed by atoms with van der Waals surface area (Å²) in [5, 5.41) is 14.4. The maximum absolute atomic E-state index is 10.6. The van der Waals surface area contributed by atoms with Gasteiger partial charge in [0.25, 0.3) is 0 Å². The van der Waals surface area contributed by atoms with Crippen molar-refractivity contribution in [2.45, 2.75) is 50.3 Å². The molecule has 0 aliphatic carbocycles. The molecule has 0 amide bonds. The van der Waals surface area contributed by atoms with Crippen molar-refractivity contribution in [2.24, 2.45) is 5.11 Å². The zero-order valence-electron chi connectivity index (χ0n) is 13.9. The van der Waals surface area contributed by atoms with Gasteiger partial charge < -0.3 is 14.6 Å². The van der Waals surface area contributed by atoms with E-state index in [1.54, 1.807) is 0 Å². The first kappa shape index (κ1) is 17.2. The van der Waals surface area contributed by atoms with Crippen LogP contribution in [0.5, 0.6) is 0 Å². The third kappa shape index (κ3) is 3.55. The maximum Gasteiger partial charge on any atom is 0.184 e. The lowest BCUT2D eigenvalue weighted by atomic mass is 9.91. The van der Waals surface area contributed by atoms with E-state index < -0.39 is 24.5 Å². The number of azide groups is 1. The Labute approximate surface area is 141 Å². The highest BCUT2D eigenvalue weighted by atomic mass is 16.7. The van der Waals surface area contributed by atoms with Gasteiger partial charge in [0.05, 0.1) is 24.8 Å². The lowest BCUT2D eigenvalue weighted by molar-refractivity contribution is -0.276. The third-order valence-corrected chi connectivity index (χ3v) is 4.77. The molecule has 130 valence electrons. The van der Waals surface area contributed by atoms with E-state index in [9.17, 15) is 5.11 Å². The van der Waals surface area contributed by atoms with Crippen LogP contribution in [0.15, 0.2) is 35.4 Å². The molecule has 0 radical (unpaired) electrons. The van der Waals surface area contributed by atoms with Gasteiger partial charge in [0, 0.05) is 17.0 Å². The molecule has 2 heterocycles. The zero-order valence-corrected chi connectivity index (χ0v) is 13.9. The number of fused-ring (bicyclic) bond motifs is 1. The maximum atomic E-state index is 10.6. The van der Waals surface area contributed by atoms with Gasteiger partial charge in [-0.3, -0.25) is 4.90 Å². The van der Waals surface area contributed by atoms with Crippen LogP contribution in [-0.2, 0) is 9.47 Å². The Hall–Kier alpha value is -1.63. The summed E-state index contributed by atoms with van der Waals surface area (Å²) in [4.78, 5) is 5.11. The quantitative estimate of drug-likeness (QED) is 0.510. The molecule has 0 spiro atoms. The summed E-state index contributed by atoms with van der Waals surface area (Å²) in [5.41, 5.74) is 9.71. The molecule has 1 aromatic rings. The van der Waals surface area contributed by atoms with E-state index >= 15 is 0 Å². The van der Waals surface area contributed by atoms with E-state index in [1.807, 2.05) is 30.3 Å². The van der Waals surface area contributed by atoms with E-state index in [4.69, 9.17) is 15.0 Å². The highest BCUT2D eigenvalue weighted by molar-refractivity contribution is 5.17. The van der Waals surface area contributed by atoms with Crippen molar-refractivity contribution in [3.8, 4) is 0 Å². The van der Waals surface area contributed by atoms with Crippen LogP contribution in [0.2, 0.25) is 0 Å². The van der Waals surface area contributed by atoms with Gasteiger partial charge in [-0.25, -0.2) is 0 Å². The molecule has 0 unspecified atom stereocenters. The number of rotatable bonds is 5. The molecule has 3 rings (SSSR count). The summed E-state index contributed by atoms with van der Waals surface area (Å²) in [5.74, 6) is 0. The summed E-state index contributed by atoms with van der Waals surface area (Å²) >= 11 is 0. The van der Waals surface area contributed by atoms with Crippen LogP contribution in [0.1, 0.15) is 31.6 Å². The Morgan fingerprint density at radius 1 is 1.38 bits per heavy atom. The lowest BCUT2D eigenvalue weighted by Gasteiger charge is -2.49. The Morgan fingerprint density at radius 3 is 2.88 bits per heavy atom. The number of aliphatic hydroxyl groups excluding tert-OH is 1. The smallest absolute Gasteiger partial charge is 0.184 e. The second-order valence-electron chi connectivity index (χ2n) is 6.36. The molecule has 7 nitrogen and oxygen atoms in total. The minimum atomic E-state index is -0.820. The van der Waals surface area contributed by atoms with Crippen LogP contribution in [0.25, 0.3) is 10.4 Å². The fourth-order valence-corrected chi connectivity index (χ4v) is 3.45. The van der Waals surface area contributed by atoms with Gasteiger partial charge in [-0.15, -0.1) is 0 Å². The standard InChI is InChI=1S/C17H24N4O3/c1-2-3-9-21-10-13(19-20-18)15(22)16-14(21)11-23-17(24-16)12-7-5-4-6-8-12/h4-8,13-17,22H,2-3,9-11H2,1H3/t13-,14+,15+,16+,17+/m0/s1. The predicted octanol–water partition coefficient (Wildman–Crippen LogP) is 2.62. The fraction of sp³-hybridized carbons (Fsp3) is 0.647. The van der Waals surface area contributed by atoms with Gasteiger partial charge in [-0.05, 0) is 18.5 Å². The van der Waals surface area contributed by atoms with E-state index in [1.165, 1.54) is 0 Å². The van der Waals surface area contributed by atoms with Gasteiger partial charge in [0.2, 0.25) is 0 Å². The van der Waals surface area contributed by atoms with Crippen LogP contribution >= 0.6 is 0 Å². The van der Waals surface area contributed by atoms with Crippen molar-refractivity contribution < 1.29 is 14.6 Å². The summed E-state index contributed by atoms with van der Waals surface area (Å²) in [6.07, 6.45) is 0.380.